The first-order valence-electron chi connectivity index (χ1n) is 9.77. The predicted molar refractivity (Wildman–Crippen MR) is 119 cm³/mol. The van der Waals surface area contributed by atoms with Gasteiger partial charge >= 0.3 is 11.7 Å². The van der Waals surface area contributed by atoms with Gasteiger partial charge in [-0.3, -0.25) is 18.7 Å². The Bertz CT molecular complexity index is 1330. The fraction of sp³-hybridized carbons (Fsp3) is 0.217. The summed E-state index contributed by atoms with van der Waals surface area (Å²) >= 11 is 0. The summed E-state index contributed by atoms with van der Waals surface area (Å²) in [4.78, 5) is 49.1. The second kappa shape index (κ2) is 9.34. The number of rotatable bonds is 7. The molecule has 1 heterocycles. The number of benzene rings is 2. The van der Waals surface area contributed by atoms with Crippen LogP contribution in [0.25, 0.3) is 10.9 Å². The molecule has 3 rings (SSSR count). The maximum Gasteiger partial charge on any atom is 0.331 e. The van der Waals surface area contributed by atoms with E-state index in [-0.39, 0.29) is 35.5 Å². The van der Waals surface area contributed by atoms with Gasteiger partial charge in [-0.05, 0) is 42.8 Å². The van der Waals surface area contributed by atoms with Crippen LogP contribution in [0.3, 0.4) is 0 Å². The van der Waals surface area contributed by atoms with Crippen molar-refractivity contribution in [3.8, 4) is 5.75 Å². The van der Waals surface area contributed by atoms with E-state index in [1.54, 1.807) is 31.4 Å². The molecule has 0 fully saturated rings. The van der Waals surface area contributed by atoms with Crippen LogP contribution in [-0.4, -0.2) is 33.2 Å². The summed E-state index contributed by atoms with van der Waals surface area (Å²) in [6.07, 6.45) is 1.29. The van der Waals surface area contributed by atoms with Gasteiger partial charge in [0.1, 0.15) is 5.75 Å². The first-order valence-corrected chi connectivity index (χ1v) is 9.77. The van der Waals surface area contributed by atoms with E-state index in [2.05, 4.69) is 5.32 Å². The average Bonchev–Trinajstić information content (AvgIpc) is 2.80. The van der Waals surface area contributed by atoms with Gasteiger partial charge in [0.2, 0.25) is 0 Å². The number of carbonyl (C=O) groups excluding carboxylic acids is 1. The fourth-order valence-electron chi connectivity index (χ4n) is 3.16. The summed E-state index contributed by atoms with van der Waals surface area (Å²) in [6, 6.07) is 11.8. The van der Waals surface area contributed by atoms with Crippen molar-refractivity contribution >= 4 is 22.8 Å². The van der Waals surface area contributed by atoms with Gasteiger partial charge in [0, 0.05) is 31.3 Å². The molecule has 0 aliphatic heterocycles. The van der Waals surface area contributed by atoms with E-state index in [0.717, 1.165) is 10.1 Å². The normalized spacial score (nSPS) is 11.4. The number of nitrogens with zero attached hydrogens (tertiary/aromatic N) is 2. The maximum atomic E-state index is 12.9. The van der Waals surface area contributed by atoms with Crippen LogP contribution < -0.4 is 21.3 Å². The van der Waals surface area contributed by atoms with Crippen LogP contribution in [-0.2, 0) is 24.9 Å². The van der Waals surface area contributed by atoms with E-state index in [1.807, 2.05) is 12.1 Å². The zero-order chi connectivity index (χ0) is 23.4. The summed E-state index contributed by atoms with van der Waals surface area (Å²) in [5, 5.41) is 12.0. The molecule has 1 amide bonds. The fourth-order valence-corrected chi connectivity index (χ4v) is 3.16. The molecule has 0 saturated heterocycles. The molecule has 9 nitrogen and oxygen atoms in total. The van der Waals surface area contributed by atoms with E-state index in [9.17, 15) is 19.2 Å². The highest BCUT2D eigenvalue weighted by Gasteiger charge is 2.14. The first-order chi connectivity index (χ1) is 15.2. The highest BCUT2D eigenvalue weighted by Crippen LogP contribution is 2.13. The summed E-state index contributed by atoms with van der Waals surface area (Å²) in [6.45, 7) is 1.48. The number of methoxy groups -OCH3 is 1. The molecule has 0 spiro atoms. The molecule has 1 aromatic heterocycles. The number of nitrogens with one attached hydrogen (secondary N) is 1. The molecule has 2 aromatic carbocycles. The smallest absolute Gasteiger partial charge is 0.331 e. The highest BCUT2D eigenvalue weighted by molar-refractivity contribution is 5.97. The molecule has 0 aliphatic rings. The number of aromatic nitrogens is 2. The second-order valence-electron chi connectivity index (χ2n) is 7.21. The number of allylic oxidation sites excluding steroid dienone is 1. The SMILES string of the molecule is COc1ccc(CNC(=O)c2ccc3c(c2)c(=O)n(C/C=C(\C)C(=O)O)c(=O)n3C)cc1. The van der Waals surface area contributed by atoms with Crippen LogP contribution in [0.2, 0.25) is 0 Å². The Hall–Kier alpha value is -4.14. The first kappa shape index (κ1) is 22.5. The topological polar surface area (TPSA) is 120 Å². The van der Waals surface area contributed by atoms with Crippen molar-refractivity contribution in [2.45, 2.75) is 20.0 Å². The van der Waals surface area contributed by atoms with Crippen molar-refractivity contribution in [3.05, 3.63) is 86.1 Å². The number of aliphatic carboxylic acids is 1. The minimum Gasteiger partial charge on any atom is -0.497 e. The van der Waals surface area contributed by atoms with E-state index in [4.69, 9.17) is 9.84 Å². The van der Waals surface area contributed by atoms with Crippen LogP contribution in [0, 0.1) is 0 Å². The number of ether oxygens (including phenoxy) is 1. The third-order valence-corrected chi connectivity index (χ3v) is 5.14. The molecule has 9 heteroatoms. The monoisotopic (exact) mass is 437 g/mol. The van der Waals surface area contributed by atoms with Gasteiger partial charge in [-0.15, -0.1) is 0 Å². The molecular formula is C23H23N3O6. The zero-order valence-electron chi connectivity index (χ0n) is 17.9. The van der Waals surface area contributed by atoms with Crippen LogP contribution in [0.4, 0.5) is 0 Å². The molecule has 0 atom stereocenters. The zero-order valence-corrected chi connectivity index (χ0v) is 17.9. The minimum atomic E-state index is -1.13. The van der Waals surface area contributed by atoms with E-state index < -0.39 is 17.2 Å². The summed E-state index contributed by atoms with van der Waals surface area (Å²) < 4.78 is 7.34. The van der Waals surface area contributed by atoms with Crippen molar-refractivity contribution in [1.82, 2.24) is 14.5 Å². The number of hydrogen-bond donors (Lipinski definition) is 2. The van der Waals surface area contributed by atoms with Crippen LogP contribution in [0.1, 0.15) is 22.8 Å². The number of aryl methyl sites for hydroxylation is 1. The molecule has 0 radical (unpaired) electrons. The Morgan fingerprint density at radius 2 is 1.81 bits per heavy atom. The van der Waals surface area contributed by atoms with Crippen LogP contribution in [0.15, 0.2) is 63.7 Å². The number of hydrogen-bond acceptors (Lipinski definition) is 5. The summed E-state index contributed by atoms with van der Waals surface area (Å²) in [5.74, 6) is -0.791. The van der Waals surface area contributed by atoms with Gasteiger partial charge in [-0.1, -0.05) is 18.2 Å². The number of fused-ring (bicyclic) bond motifs is 1. The molecular weight excluding hydrogens is 414 g/mol. The van der Waals surface area contributed by atoms with Crippen molar-refractivity contribution in [2.75, 3.05) is 7.11 Å². The molecule has 3 aromatic rings. The third-order valence-electron chi connectivity index (χ3n) is 5.14. The number of carboxylic acid groups (broad SMARTS) is 1. The summed E-state index contributed by atoms with van der Waals surface area (Å²) in [7, 11) is 3.09. The number of carboxylic acids is 1. The standard InChI is InChI=1S/C23H23N3O6/c1-14(22(29)30)10-11-26-21(28)18-12-16(6-9-19(18)25(2)23(26)31)20(27)24-13-15-4-7-17(32-3)8-5-15/h4-10,12H,11,13H2,1-3H3,(H,24,27)(H,29,30)/b14-10+. The van der Waals surface area contributed by atoms with Gasteiger partial charge in [-0.25, -0.2) is 9.59 Å². The Kier molecular flexibility index (Phi) is 6.58. The van der Waals surface area contributed by atoms with Gasteiger partial charge in [0.25, 0.3) is 11.5 Å². The molecule has 0 aliphatic carbocycles. The third kappa shape index (κ3) is 4.61. The van der Waals surface area contributed by atoms with E-state index >= 15 is 0 Å². The molecule has 0 unspecified atom stereocenters. The lowest BCUT2D eigenvalue weighted by Crippen LogP contribution is -2.39. The largest absolute Gasteiger partial charge is 0.497 e. The second-order valence-corrected chi connectivity index (χ2v) is 7.21. The highest BCUT2D eigenvalue weighted by atomic mass is 16.5. The van der Waals surface area contributed by atoms with Crippen LogP contribution in [0.5, 0.6) is 5.75 Å². The van der Waals surface area contributed by atoms with Crippen LogP contribution >= 0.6 is 0 Å². The van der Waals surface area contributed by atoms with Gasteiger partial charge in [0.15, 0.2) is 0 Å². The van der Waals surface area contributed by atoms with Crippen molar-refractivity contribution in [2.24, 2.45) is 7.05 Å². The Balaban J connectivity index is 1.91. The van der Waals surface area contributed by atoms with Crippen molar-refractivity contribution in [3.63, 3.8) is 0 Å². The molecule has 32 heavy (non-hydrogen) atoms. The summed E-state index contributed by atoms with van der Waals surface area (Å²) in [5.41, 5.74) is 0.374. The quantitative estimate of drug-likeness (QED) is 0.543. The number of carbonyl (C=O) groups is 2. The molecule has 0 bridgehead atoms. The Morgan fingerprint density at radius 1 is 1.12 bits per heavy atom. The Labute approximate surface area is 183 Å². The average molecular weight is 437 g/mol. The van der Waals surface area contributed by atoms with Gasteiger partial charge in [-0.2, -0.15) is 0 Å². The lowest BCUT2D eigenvalue weighted by molar-refractivity contribution is -0.132. The lowest BCUT2D eigenvalue weighted by atomic mass is 10.1. The molecule has 0 saturated carbocycles. The Morgan fingerprint density at radius 3 is 2.44 bits per heavy atom. The van der Waals surface area contributed by atoms with Crippen molar-refractivity contribution < 1.29 is 19.4 Å². The van der Waals surface area contributed by atoms with E-state index in [0.29, 0.717) is 11.3 Å². The van der Waals surface area contributed by atoms with E-state index in [1.165, 1.54) is 30.7 Å². The van der Waals surface area contributed by atoms with Gasteiger partial charge in [0.05, 0.1) is 18.0 Å². The van der Waals surface area contributed by atoms with Crippen molar-refractivity contribution in [1.29, 1.82) is 0 Å². The predicted octanol–water partition coefficient (Wildman–Crippen LogP) is 1.67. The minimum absolute atomic E-state index is 0.0192. The molecule has 166 valence electrons. The number of amides is 1. The molecule has 2 N–H and O–H groups in total. The van der Waals surface area contributed by atoms with Gasteiger partial charge < -0.3 is 15.2 Å². The lowest BCUT2D eigenvalue weighted by Gasteiger charge is -2.11. The maximum absolute atomic E-state index is 12.9.